The summed E-state index contributed by atoms with van der Waals surface area (Å²) >= 11 is 0. The molecule has 0 bridgehead atoms. The standard InChI is InChI=1S/C12H8O4/c13-7-2-1-4-8-5-3-6-9-10(8)12(15)16-11(9)14/h1,3-7H,2H2. The Kier molecular flexibility index (Phi) is 2.64. The molecule has 0 spiro atoms. The molecule has 1 aliphatic heterocycles. The molecule has 80 valence electrons. The third-order valence-corrected chi connectivity index (χ3v) is 2.24. The Morgan fingerprint density at radius 2 is 2.00 bits per heavy atom. The van der Waals surface area contributed by atoms with Crippen LogP contribution < -0.4 is 0 Å². The number of aldehydes is 1. The van der Waals surface area contributed by atoms with Crippen molar-refractivity contribution in [1.29, 1.82) is 0 Å². The van der Waals surface area contributed by atoms with E-state index in [-0.39, 0.29) is 17.5 Å². The van der Waals surface area contributed by atoms with E-state index in [1.54, 1.807) is 30.4 Å². The number of fused-ring (bicyclic) bond motifs is 1. The Morgan fingerprint density at radius 1 is 1.19 bits per heavy atom. The van der Waals surface area contributed by atoms with E-state index in [4.69, 9.17) is 0 Å². The van der Waals surface area contributed by atoms with Crippen LogP contribution in [0.2, 0.25) is 0 Å². The summed E-state index contributed by atoms with van der Waals surface area (Å²) in [6, 6.07) is 4.90. The lowest BCUT2D eigenvalue weighted by Gasteiger charge is -1.97. The number of cyclic esters (lactones) is 2. The summed E-state index contributed by atoms with van der Waals surface area (Å²) in [6.45, 7) is 0. The zero-order chi connectivity index (χ0) is 11.5. The third kappa shape index (κ3) is 1.65. The van der Waals surface area contributed by atoms with Gasteiger partial charge in [-0.05, 0) is 11.6 Å². The van der Waals surface area contributed by atoms with Crippen LogP contribution in [0, 0.1) is 0 Å². The second kappa shape index (κ2) is 4.10. The second-order valence-corrected chi connectivity index (χ2v) is 3.25. The third-order valence-electron chi connectivity index (χ3n) is 2.24. The van der Waals surface area contributed by atoms with Crippen LogP contribution in [0.15, 0.2) is 24.3 Å². The van der Waals surface area contributed by atoms with E-state index >= 15 is 0 Å². The zero-order valence-corrected chi connectivity index (χ0v) is 8.30. The van der Waals surface area contributed by atoms with Gasteiger partial charge in [-0.25, -0.2) is 9.59 Å². The van der Waals surface area contributed by atoms with Gasteiger partial charge in [0.2, 0.25) is 0 Å². The van der Waals surface area contributed by atoms with Crippen LogP contribution in [0.4, 0.5) is 0 Å². The SMILES string of the molecule is O=CCC=Cc1cccc2c1C(=O)OC2=O. The molecule has 4 heteroatoms. The lowest BCUT2D eigenvalue weighted by Crippen LogP contribution is -1.98. The highest BCUT2D eigenvalue weighted by molar-refractivity contribution is 6.16. The average molecular weight is 216 g/mol. The predicted molar refractivity (Wildman–Crippen MR) is 55.9 cm³/mol. The maximum Gasteiger partial charge on any atom is 0.347 e. The van der Waals surface area contributed by atoms with Crippen molar-refractivity contribution in [2.75, 3.05) is 0 Å². The Morgan fingerprint density at radius 3 is 2.75 bits per heavy atom. The molecule has 4 nitrogen and oxygen atoms in total. The van der Waals surface area contributed by atoms with Crippen LogP contribution in [0.1, 0.15) is 32.7 Å². The van der Waals surface area contributed by atoms with Crippen LogP contribution in [-0.4, -0.2) is 18.2 Å². The quantitative estimate of drug-likeness (QED) is 0.437. The van der Waals surface area contributed by atoms with Crippen molar-refractivity contribution in [3.05, 3.63) is 41.0 Å². The van der Waals surface area contributed by atoms with Gasteiger partial charge in [-0.1, -0.05) is 24.3 Å². The van der Waals surface area contributed by atoms with Crippen molar-refractivity contribution in [2.45, 2.75) is 6.42 Å². The van der Waals surface area contributed by atoms with E-state index in [1.807, 2.05) is 0 Å². The van der Waals surface area contributed by atoms with Gasteiger partial charge < -0.3 is 9.53 Å². The van der Waals surface area contributed by atoms with E-state index in [0.717, 1.165) is 6.29 Å². The molecule has 0 saturated carbocycles. The summed E-state index contributed by atoms with van der Waals surface area (Å²) in [6.07, 6.45) is 4.28. The smallest absolute Gasteiger partial charge is 0.347 e. The fourth-order valence-electron chi connectivity index (χ4n) is 1.55. The van der Waals surface area contributed by atoms with Crippen LogP contribution >= 0.6 is 0 Å². The van der Waals surface area contributed by atoms with Crippen LogP contribution in [0.3, 0.4) is 0 Å². The van der Waals surface area contributed by atoms with E-state index in [2.05, 4.69) is 4.74 Å². The fourth-order valence-corrected chi connectivity index (χ4v) is 1.55. The largest absolute Gasteiger partial charge is 0.386 e. The molecular weight excluding hydrogens is 208 g/mol. The highest BCUT2D eigenvalue weighted by Crippen LogP contribution is 2.24. The summed E-state index contributed by atoms with van der Waals surface area (Å²) in [5, 5.41) is 0. The van der Waals surface area contributed by atoms with Gasteiger partial charge in [0.25, 0.3) is 0 Å². The first-order chi connectivity index (χ1) is 7.74. The lowest BCUT2D eigenvalue weighted by molar-refractivity contribution is -0.107. The first-order valence-corrected chi connectivity index (χ1v) is 4.73. The van der Waals surface area contributed by atoms with Gasteiger partial charge in [-0.2, -0.15) is 0 Å². The van der Waals surface area contributed by atoms with Gasteiger partial charge in [-0.3, -0.25) is 0 Å². The Hall–Kier alpha value is -2.23. The van der Waals surface area contributed by atoms with E-state index in [9.17, 15) is 14.4 Å². The molecule has 0 aliphatic carbocycles. The zero-order valence-electron chi connectivity index (χ0n) is 8.30. The van der Waals surface area contributed by atoms with Crippen molar-refractivity contribution in [2.24, 2.45) is 0 Å². The predicted octanol–water partition coefficient (Wildman–Crippen LogP) is 1.60. The maximum atomic E-state index is 11.4. The van der Waals surface area contributed by atoms with E-state index < -0.39 is 11.9 Å². The first kappa shape index (κ1) is 10.3. The van der Waals surface area contributed by atoms with Crippen LogP contribution in [0.25, 0.3) is 6.08 Å². The first-order valence-electron chi connectivity index (χ1n) is 4.73. The van der Waals surface area contributed by atoms with Gasteiger partial charge >= 0.3 is 11.9 Å². The number of hydrogen-bond acceptors (Lipinski definition) is 4. The van der Waals surface area contributed by atoms with E-state index in [1.165, 1.54) is 0 Å². The molecular formula is C12H8O4. The maximum absolute atomic E-state index is 11.4. The van der Waals surface area contributed by atoms with Gasteiger partial charge in [0.15, 0.2) is 0 Å². The summed E-state index contributed by atoms with van der Waals surface area (Å²) in [7, 11) is 0. The molecule has 1 aromatic carbocycles. The van der Waals surface area contributed by atoms with Crippen molar-refractivity contribution in [3.8, 4) is 0 Å². The number of allylic oxidation sites excluding steroid dienone is 1. The minimum absolute atomic E-state index is 0.270. The van der Waals surface area contributed by atoms with Crippen LogP contribution in [0.5, 0.6) is 0 Å². The number of rotatable bonds is 3. The molecule has 0 radical (unpaired) electrons. The van der Waals surface area contributed by atoms with Gasteiger partial charge in [0.05, 0.1) is 11.1 Å². The molecule has 0 unspecified atom stereocenters. The Bertz CT molecular complexity index is 500. The molecule has 0 N–H and O–H groups in total. The molecule has 1 aromatic rings. The molecule has 2 rings (SSSR count). The van der Waals surface area contributed by atoms with Crippen molar-refractivity contribution >= 4 is 24.3 Å². The number of benzene rings is 1. The Labute approximate surface area is 91.5 Å². The van der Waals surface area contributed by atoms with Gasteiger partial charge in [-0.15, -0.1) is 0 Å². The second-order valence-electron chi connectivity index (χ2n) is 3.25. The van der Waals surface area contributed by atoms with Gasteiger partial charge in [0.1, 0.15) is 6.29 Å². The molecule has 1 aliphatic rings. The molecule has 0 amide bonds. The number of ether oxygens (including phenoxy) is 1. The number of hydrogen-bond donors (Lipinski definition) is 0. The highest BCUT2D eigenvalue weighted by atomic mass is 16.6. The normalized spacial score (nSPS) is 14.0. The Balaban J connectivity index is 2.45. The van der Waals surface area contributed by atoms with E-state index in [0.29, 0.717) is 5.56 Å². The topological polar surface area (TPSA) is 60.4 Å². The minimum atomic E-state index is -0.633. The van der Waals surface area contributed by atoms with Crippen molar-refractivity contribution in [3.63, 3.8) is 0 Å². The molecule has 1 heterocycles. The lowest BCUT2D eigenvalue weighted by atomic mass is 10.0. The van der Waals surface area contributed by atoms with Crippen LogP contribution in [-0.2, 0) is 9.53 Å². The summed E-state index contributed by atoms with van der Waals surface area (Å²) in [5.74, 6) is -1.25. The summed E-state index contributed by atoms with van der Waals surface area (Å²) < 4.78 is 4.50. The molecule has 0 aromatic heterocycles. The number of esters is 2. The minimum Gasteiger partial charge on any atom is -0.386 e. The van der Waals surface area contributed by atoms with Crippen molar-refractivity contribution in [1.82, 2.24) is 0 Å². The van der Waals surface area contributed by atoms with Gasteiger partial charge in [0, 0.05) is 6.42 Å². The molecule has 0 atom stereocenters. The summed E-state index contributed by atoms with van der Waals surface area (Å²) in [4.78, 5) is 32.8. The number of carbonyl (C=O) groups excluding carboxylic acids is 3. The monoisotopic (exact) mass is 216 g/mol. The molecule has 0 saturated heterocycles. The molecule has 0 fully saturated rings. The molecule has 16 heavy (non-hydrogen) atoms. The highest BCUT2D eigenvalue weighted by Gasteiger charge is 2.31. The van der Waals surface area contributed by atoms with Crippen molar-refractivity contribution < 1.29 is 19.1 Å². The fraction of sp³-hybridized carbons (Fsp3) is 0.0833. The number of carbonyl (C=O) groups is 3. The average Bonchev–Trinajstić information content (AvgIpc) is 2.56. The summed E-state index contributed by atoms with van der Waals surface area (Å²) in [5.41, 5.74) is 1.14.